The molecule has 3 fully saturated rings. The molecule has 1 unspecified atom stereocenters. The van der Waals surface area contributed by atoms with Crippen molar-refractivity contribution >= 4 is 23.1 Å². The summed E-state index contributed by atoms with van der Waals surface area (Å²) in [6.45, 7) is 2.26. The van der Waals surface area contributed by atoms with Crippen LogP contribution < -0.4 is 10.2 Å². The predicted molar refractivity (Wildman–Crippen MR) is 99.7 cm³/mol. The summed E-state index contributed by atoms with van der Waals surface area (Å²) < 4.78 is 0. The largest absolute Gasteiger partial charge is 0.372 e. The lowest BCUT2D eigenvalue weighted by Crippen LogP contribution is -2.40. The van der Waals surface area contributed by atoms with Crippen LogP contribution in [0.15, 0.2) is 24.3 Å². The summed E-state index contributed by atoms with van der Waals surface area (Å²) in [5.41, 5.74) is 2.11. The quantitative estimate of drug-likeness (QED) is 0.904. The minimum Gasteiger partial charge on any atom is -0.372 e. The Morgan fingerprint density at radius 2 is 1.56 bits per heavy atom. The number of rotatable bonds is 3. The highest BCUT2D eigenvalue weighted by molar-refractivity contribution is 5.95. The summed E-state index contributed by atoms with van der Waals surface area (Å²) in [5.74, 6) is 0.764. The summed E-state index contributed by atoms with van der Waals surface area (Å²) in [7, 11) is 0. The number of nitrogens with zero attached hydrogens (tertiary/aromatic N) is 1. The monoisotopic (exact) mass is 340 g/mol. The van der Waals surface area contributed by atoms with Gasteiger partial charge in [-0.05, 0) is 69.2 Å². The lowest BCUT2D eigenvalue weighted by atomic mass is 9.67. The molecule has 1 aliphatic heterocycles. The molecule has 0 radical (unpaired) electrons. The van der Waals surface area contributed by atoms with E-state index in [4.69, 9.17) is 0 Å². The van der Waals surface area contributed by atoms with Crippen molar-refractivity contribution in [3.63, 3.8) is 0 Å². The van der Waals surface area contributed by atoms with Gasteiger partial charge >= 0.3 is 0 Å². The fraction of sp³-hybridized carbons (Fsp3) is 0.619. The summed E-state index contributed by atoms with van der Waals surface area (Å²) in [6, 6.07) is 8.24. The Kier molecular flexibility index (Phi) is 4.78. The van der Waals surface area contributed by atoms with Crippen LogP contribution >= 0.6 is 0 Å². The van der Waals surface area contributed by atoms with Crippen molar-refractivity contribution in [1.82, 2.24) is 0 Å². The number of piperidine rings is 1. The van der Waals surface area contributed by atoms with Crippen LogP contribution in [0.1, 0.15) is 51.4 Å². The zero-order valence-corrected chi connectivity index (χ0v) is 14.9. The van der Waals surface area contributed by atoms with Crippen LogP contribution in [0.3, 0.4) is 0 Å². The summed E-state index contributed by atoms with van der Waals surface area (Å²) in [5, 5.41) is 3.08. The Hall–Kier alpha value is -1.84. The van der Waals surface area contributed by atoms with Crippen LogP contribution in [0.25, 0.3) is 0 Å². The summed E-state index contributed by atoms with van der Waals surface area (Å²) in [4.78, 5) is 27.3. The third kappa shape index (κ3) is 3.58. The number of hydrogen-bond donors (Lipinski definition) is 1. The average molecular weight is 340 g/mol. The van der Waals surface area contributed by atoms with E-state index in [1.807, 2.05) is 12.1 Å². The molecule has 2 aliphatic carbocycles. The highest BCUT2D eigenvalue weighted by Gasteiger charge is 2.41. The standard InChI is InChI=1S/C21H28N2O2/c24-20-15-5-4-6-16(20)14-17(13-15)21(25)22-18-7-9-19(10-8-18)23-11-2-1-3-12-23/h7-10,15-17H,1-6,11-14H2,(H,22,25)/t15-,16+,17?. The molecule has 134 valence electrons. The van der Waals surface area contributed by atoms with E-state index in [1.54, 1.807) is 0 Å². The molecule has 0 spiro atoms. The SMILES string of the molecule is O=C(Nc1ccc(N2CCCCC2)cc1)C1C[C@H]2CCC[C@@H](C1)C2=O. The number of nitrogens with one attached hydrogen (secondary N) is 1. The second-order valence-electron chi connectivity index (χ2n) is 7.98. The smallest absolute Gasteiger partial charge is 0.227 e. The van der Waals surface area contributed by atoms with Gasteiger partial charge in [-0.2, -0.15) is 0 Å². The Balaban J connectivity index is 1.37. The van der Waals surface area contributed by atoms with Gasteiger partial charge in [-0.3, -0.25) is 9.59 Å². The number of fused-ring (bicyclic) bond motifs is 2. The lowest BCUT2D eigenvalue weighted by Gasteiger charge is -2.37. The number of Topliss-reactive ketones (excluding diaryl/α,β-unsaturated/α-hetero) is 1. The molecule has 1 N–H and O–H groups in total. The van der Waals surface area contributed by atoms with Gasteiger partial charge in [0.2, 0.25) is 5.91 Å². The van der Waals surface area contributed by atoms with Crippen LogP contribution in [0.4, 0.5) is 11.4 Å². The number of benzene rings is 1. The van der Waals surface area contributed by atoms with Gasteiger partial charge in [0.05, 0.1) is 0 Å². The van der Waals surface area contributed by atoms with E-state index >= 15 is 0 Å². The normalized spacial score (nSPS) is 29.4. The molecule has 1 heterocycles. The number of carbonyl (C=O) groups is 2. The second kappa shape index (κ2) is 7.19. The van der Waals surface area contributed by atoms with Crippen molar-refractivity contribution < 1.29 is 9.59 Å². The van der Waals surface area contributed by atoms with Crippen LogP contribution in [-0.4, -0.2) is 24.8 Å². The average Bonchev–Trinajstić information content (AvgIpc) is 2.63. The topological polar surface area (TPSA) is 49.4 Å². The lowest BCUT2D eigenvalue weighted by molar-refractivity contribution is -0.136. The number of anilines is 2. The van der Waals surface area contributed by atoms with E-state index in [9.17, 15) is 9.59 Å². The van der Waals surface area contributed by atoms with E-state index in [-0.39, 0.29) is 23.7 Å². The summed E-state index contributed by atoms with van der Waals surface area (Å²) in [6.07, 6.45) is 8.44. The van der Waals surface area contributed by atoms with E-state index in [0.717, 1.165) is 50.9 Å². The van der Waals surface area contributed by atoms with Gasteiger partial charge in [0.15, 0.2) is 0 Å². The van der Waals surface area contributed by atoms with Crippen molar-refractivity contribution in [3.8, 4) is 0 Å². The summed E-state index contributed by atoms with van der Waals surface area (Å²) >= 11 is 0. The van der Waals surface area contributed by atoms with Crippen LogP contribution in [0.2, 0.25) is 0 Å². The molecule has 2 saturated carbocycles. The Bertz CT molecular complexity index is 618. The molecule has 1 aromatic carbocycles. The fourth-order valence-corrected chi connectivity index (χ4v) is 4.85. The molecule has 3 atom stereocenters. The first-order chi connectivity index (χ1) is 12.2. The van der Waals surface area contributed by atoms with Gasteiger partial charge in [0.25, 0.3) is 0 Å². The predicted octanol–water partition coefficient (Wildman–Crippen LogP) is 4.01. The second-order valence-corrected chi connectivity index (χ2v) is 7.98. The molecule has 1 saturated heterocycles. The number of ketones is 1. The zero-order chi connectivity index (χ0) is 17.2. The van der Waals surface area contributed by atoms with E-state index in [2.05, 4.69) is 22.3 Å². The maximum absolute atomic E-state index is 12.7. The van der Waals surface area contributed by atoms with Crippen molar-refractivity contribution in [3.05, 3.63) is 24.3 Å². The molecule has 4 heteroatoms. The van der Waals surface area contributed by atoms with Crippen molar-refractivity contribution in [2.45, 2.75) is 51.4 Å². The Morgan fingerprint density at radius 3 is 2.20 bits per heavy atom. The van der Waals surface area contributed by atoms with E-state index in [0.29, 0.717) is 5.78 Å². The van der Waals surface area contributed by atoms with E-state index < -0.39 is 0 Å². The molecule has 2 bridgehead atoms. The zero-order valence-electron chi connectivity index (χ0n) is 14.9. The molecule has 1 amide bonds. The molecule has 4 rings (SSSR count). The first kappa shape index (κ1) is 16.6. The Morgan fingerprint density at radius 1 is 0.920 bits per heavy atom. The Labute approximate surface area is 150 Å². The van der Waals surface area contributed by atoms with Gasteiger partial charge in [-0.1, -0.05) is 6.42 Å². The van der Waals surface area contributed by atoms with Crippen LogP contribution in [0.5, 0.6) is 0 Å². The van der Waals surface area contributed by atoms with Gasteiger partial charge in [-0.15, -0.1) is 0 Å². The third-order valence-corrected chi connectivity index (χ3v) is 6.27. The van der Waals surface area contributed by atoms with Crippen LogP contribution in [-0.2, 0) is 9.59 Å². The molecular formula is C21H28N2O2. The van der Waals surface area contributed by atoms with Gasteiger partial charge in [0, 0.05) is 42.2 Å². The van der Waals surface area contributed by atoms with Crippen molar-refractivity contribution in [2.75, 3.05) is 23.3 Å². The maximum atomic E-state index is 12.7. The van der Waals surface area contributed by atoms with Gasteiger partial charge < -0.3 is 10.2 Å². The highest BCUT2D eigenvalue weighted by atomic mass is 16.2. The number of amides is 1. The van der Waals surface area contributed by atoms with E-state index in [1.165, 1.54) is 24.9 Å². The van der Waals surface area contributed by atoms with Crippen molar-refractivity contribution in [1.29, 1.82) is 0 Å². The third-order valence-electron chi connectivity index (χ3n) is 6.27. The van der Waals surface area contributed by atoms with Gasteiger partial charge in [-0.25, -0.2) is 0 Å². The molecule has 4 nitrogen and oxygen atoms in total. The number of hydrogen-bond acceptors (Lipinski definition) is 3. The van der Waals surface area contributed by atoms with Crippen molar-refractivity contribution in [2.24, 2.45) is 17.8 Å². The fourth-order valence-electron chi connectivity index (χ4n) is 4.85. The molecule has 25 heavy (non-hydrogen) atoms. The molecule has 0 aromatic heterocycles. The maximum Gasteiger partial charge on any atom is 0.227 e. The van der Waals surface area contributed by atoms with Crippen LogP contribution in [0, 0.1) is 17.8 Å². The highest BCUT2D eigenvalue weighted by Crippen LogP contribution is 2.40. The molecule has 1 aromatic rings. The first-order valence-electron chi connectivity index (χ1n) is 9.90. The molecular weight excluding hydrogens is 312 g/mol. The first-order valence-corrected chi connectivity index (χ1v) is 9.90. The minimum atomic E-state index is -0.00484. The molecule has 3 aliphatic rings. The minimum absolute atomic E-state index is 0.00484. The number of carbonyl (C=O) groups excluding carboxylic acids is 2. The van der Waals surface area contributed by atoms with Gasteiger partial charge in [0.1, 0.15) is 5.78 Å².